The average Bonchev–Trinajstić information content (AvgIpc) is 3.14. The van der Waals surface area contributed by atoms with E-state index in [1.54, 1.807) is 12.1 Å². The summed E-state index contributed by atoms with van der Waals surface area (Å²) >= 11 is 0. The fourth-order valence-corrected chi connectivity index (χ4v) is 3.47. The van der Waals surface area contributed by atoms with Crippen molar-refractivity contribution in [1.29, 1.82) is 0 Å². The molecule has 0 radical (unpaired) electrons. The second-order valence-electron chi connectivity index (χ2n) is 8.49. The Hall–Kier alpha value is -1.28. The number of rotatable bonds is 5. The smallest absolute Gasteiger partial charge is 0.398 e. The van der Waals surface area contributed by atoms with Gasteiger partial charge < -0.3 is 14.4 Å². The largest absolute Gasteiger partial charge is 0.525 e. The minimum Gasteiger partial charge on any atom is -0.398 e. The molecule has 0 saturated carbocycles. The van der Waals surface area contributed by atoms with E-state index in [4.69, 9.17) is 9.31 Å². The first kappa shape index (κ1) is 20.5. The van der Waals surface area contributed by atoms with Gasteiger partial charge in [-0.15, -0.1) is 0 Å². The van der Waals surface area contributed by atoms with Crippen LogP contribution in [0.1, 0.15) is 39.7 Å². The summed E-state index contributed by atoms with van der Waals surface area (Å²) in [5.74, 6) is -0.157. The topological polar surface area (TPSA) is 41.9 Å². The molecule has 2 saturated heterocycles. The van der Waals surface area contributed by atoms with Crippen LogP contribution in [0.5, 0.6) is 0 Å². The first-order valence-corrected chi connectivity index (χ1v) is 9.46. The summed E-state index contributed by atoms with van der Waals surface area (Å²) in [6.07, 6.45) is 0.880. The van der Waals surface area contributed by atoms with Crippen molar-refractivity contribution in [1.82, 2.24) is 4.90 Å². The molecule has 4 nitrogen and oxygen atoms in total. The summed E-state index contributed by atoms with van der Waals surface area (Å²) in [5.41, 5.74) is -0.715. The van der Waals surface area contributed by atoms with E-state index in [0.29, 0.717) is 24.2 Å². The van der Waals surface area contributed by atoms with Gasteiger partial charge in [0.25, 0.3) is 0 Å². The van der Waals surface area contributed by atoms with Gasteiger partial charge in [0.1, 0.15) is 11.5 Å². The predicted molar refractivity (Wildman–Crippen MR) is 102 cm³/mol. The molecular formula is C20H28BF2NO3. The number of aliphatic hydroxyl groups excluding tert-OH is 1. The molecule has 1 aromatic rings. The highest BCUT2D eigenvalue weighted by atomic mass is 19.1. The quantitative estimate of drug-likeness (QED) is 0.796. The van der Waals surface area contributed by atoms with Gasteiger partial charge in [-0.2, -0.15) is 0 Å². The molecular weight excluding hydrogens is 351 g/mol. The van der Waals surface area contributed by atoms with E-state index < -0.39 is 24.0 Å². The summed E-state index contributed by atoms with van der Waals surface area (Å²) in [7, 11) is -1.09. The van der Waals surface area contributed by atoms with Gasteiger partial charge in [0.15, 0.2) is 0 Å². The van der Waals surface area contributed by atoms with E-state index in [9.17, 15) is 9.50 Å². The lowest BCUT2D eigenvalue weighted by atomic mass is 9.82. The number of benzene rings is 1. The normalized spacial score (nSPS) is 25.7. The first-order valence-electron chi connectivity index (χ1n) is 9.46. The van der Waals surface area contributed by atoms with Crippen LogP contribution in [0.2, 0.25) is 0 Å². The fraction of sp³-hybridized carbons (Fsp3) is 0.600. The van der Waals surface area contributed by atoms with E-state index in [1.807, 2.05) is 27.7 Å². The molecule has 2 aliphatic heterocycles. The summed E-state index contributed by atoms with van der Waals surface area (Å²) < 4.78 is 40.6. The Balaban J connectivity index is 1.91. The molecule has 1 atom stereocenters. The van der Waals surface area contributed by atoms with Crippen molar-refractivity contribution in [3.8, 4) is 0 Å². The van der Waals surface area contributed by atoms with Crippen LogP contribution in [0.3, 0.4) is 0 Å². The maximum atomic E-state index is 15.5. The third kappa shape index (κ3) is 4.26. The summed E-state index contributed by atoms with van der Waals surface area (Å²) in [5, 5.41) is 9.37. The maximum absolute atomic E-state index is 15.5. The average molecular weight is 379 g/mol. The standard InChI is InChI=1S/C20H28BF2NO3/c1-19(2)20(3,4)27-21(26-19)18(23)17(15-5-7-16(22)8-6-15)12-24-10-9-14(11-24)13-25/h5-8,14,25H,9-13H2,1-4H3. The zero-order valence-corrected chi connectivity index (χ0v) is 16.5. The number of likely N-dealkylation sites (tertiary alicyclic amines) is 1. The number of halogens is 2. The molecule has 0 aliphatic carbocycles. The van der Waals surface area contributed by atoms with Crippen molar-refractivity contribution in [3.63, 3.8) is 0 Å². The molecule has 27 heavy (non-hydrogen) atoms. The van der Waals surface area contributed by atoms with Crippen LogP contribution in [0.4, 0.5) is 8.78 Å². The molecule has 2 heterocycles. The molecule has 2 fully saturated rings. The first-order chi connectivity index (χ1) is 12.6. The Kier molecular flexibility index (Phi) is 5.78. The third-order valence-corrected chi connectivity index (χ3v) is 5.95. The van der Waals surface area contributed by atoms with Gasteiger partial charge in [0, 0.05) is 25.3 Å². The summed E-state index contributed by atoms with van der Waals surface area (Å²) in [6.45, 7) is 9.50. The van der Waals surface area contributed by atoms with Crippen LogP contribution < -0.4 is 0 Å². The van der Waals surface area contributed by atoms with Crippen molar-refractivity contribution in [2.75, 3.05) is 26.2 Å². The fourth-order valence-electron chi connectivity index (χ4n) is 3.47. The van der Waals surface area contributed by atoms with Gasteiger partial charge in [-0.25, -0.2) is 8.78 Å². The van der Waals surface area contributed by atoms with Crippen LogP contribution in [-0.4, -0.2) is 54.6 Å². The van der Waals surface area contributed by atoms with Gasteiger partial charge in [0.2, 0.25) is 0 Å². The number of nitrogens with zero attached hydrogens (tertiary/aromatic N) is 1. The van der Waals surface area contributed by atoms with Gasteiger partial charge in [-0.05, 0) is 64.3 Å². The molecule has 0 amide bonds. The Morgan fingerprint density at radius 1 is 1.19 bits per heavy atom. The lowest BCUT2D eigenvalue weighted by Crippen LogP contribution is -2.41. The second-order valence-corrected chi connectivity index (χ2v) is 8.49. The van der Waals surface area contributed by atoms with Gasteiger partial charge in [0.05, 0.1) is 11.2 Å². The molecule has 1 aromatic carbocycles. The van der Waals surface area contributed by atoms with Crippen LogP contribution >= 0.6 is 0 Å². The molecule has 1 unspecified atom stereocenters. The second kappa shape index (κ2) is 7.62. The Morgan fingerprint density at radius 2 is 1.78 bits per heavy atom. The minimum atomic E-state index is -1.09. The van der Waals surface area contributed by atoms with Crippen molar-refractivity contribution in [2.45, 2.75) is 45.3 Å². The Morgan fingerprint density at radius 3 is 2.30 bits per heavy atom. The van der Waals surface area contributed by atoms with E-state index >= 15 is 4.39 Å². The van der Waals surface area contributed by atoms with Crippen LogP contribution in [0.15, 0.2) is 30.0 Å². The molecule has 148 valence electrons. The molecule has 0 bridgehead atoms. The van der Waals surface area contributed by atoms with E-state index in [2.05, 4.69) is 4.90 Å². The van der Waals surface area contributed by atoms with Crippen molar-refractivity contribution < 1.29 is 23.2 Å². The lowest BCUT2D eigenvalue weighted by molar-refractivity contribution is 0.00578. The zero-order valence-electron chi connectivity index (χ0n) is 16.5. The molecule has 0 aromatic heterocycles. The molecule has 7 heteroatoms. The lowest BCUT2D eigenvalue weighted by Gasteiger charge is -2.32. The summed E-state index contributed by atoms with van der Waals surface area (Å²) in [4.78, 5) is 2.10. The SMILES string of the molecule is CC1(C)OB(C(F)=C(CN2CCC(CO)C2)c2ccc(F)cc2)OC1(C)C. The van der Waals surface area contributed by atoms with Crippen molar-refractivity contribution >= 4 is 12.7 Å². The summed E-state index contributed by atoms with van der Waals surface area (Å²) in [6, 6.07) is 5.81. The van der Waals surface area contributed by atoms with E-state index in [1.165, 1.54) is 12.1 Å². The monoisotopic (exact) mass is 379 g/mol. The van der Waals surface area contributed by atoms with Crippen LogP contribution in [0.25, 0.3) is 5.57 Å². The van der Waals surface area contributed by atoms with Gasteiger partial charge in [-0.3, -0.25) is 4.90 Å². The predicted octanol–water partition coefficient (Wildman–Crippen LogP) is 3.45. The van der Waals surface area contributed by atoms with Crippen molar-refractivity contribution in [2.24, 2.45) is 5.92 Å². The molecule has 0 spiro atoms. The zero-order chi connectivity index (χ0) is 19.8. The highest BCUT2D eigenvalue weighted by Crippen LogP contribution is 2.40. The highest BCUT2D eigenvalue weighted by molar-refractivity contribution is 6.55. The molecule has 2 aliphatic rings. The Labute approximate surface area is 160 Å². The molecule has 3 rings (SSSR count). The Bertz CT molecular complexity index is 690. The number of hydrogen-bond acceptors (Lipinski definition) is 4. The highest BCUT2D eigenvalue weighted by Gasteiger charge is 2.53. The maximum Gasteiger partial charge on any atom is 0.525 e. The minimum absolute atomic E-state index is 0.131. The number of aliphatic hydroxyl groups is 1. The van der Waals surface area contributed by atoms with Crippen LogP contribution in [-0.2, 0) is 9.31 Å². The number of hydrogen-bond donors (Lipinski definition) is 1. The van der Waals surface area contributed by atoms with Crippen molar-refractivity contribution in [3.05, 3.63) is 41.4 Å². The van der Waals surface area contributed by atoms with Gasteiger partial charge >= 0.3 is 7.12 Å². The van der Waals surface area contributed by atoms with E-state index in [0.717, 1.165) is 13.0 Å². The van der Waals surface area contributed by atoms with Crippen LogP contribution in [0, 0.1) is 11.7 Å². The van der Waals surface area contributed by atoms with E-state index in [-0.39, 0.29) is 18.3 Å². The third-order valence-electron chi connectivity index (χ3n) is 5.95. The van der Waals surface area contributed by atoms with Gasteiger partial charge in [-0.1, -0.05) is 12.1 Å². The molecule has 1 N–H and O–H groups in total.